The van der Waals surface area contributed by atoms with E-state index in [2.05, 4.69) is 0 Å². The minimum absolute atomic E-state index is 0.0447. The number of benzene rings is 3. The van der Waals surface area contributed by atoms with Gasteiger partial charge in [0.25, 0.3) is 10.1 Å². The van der Waals surface area contributed by atoms with Crippen molar-refractivity contribution < 1.29 is 22.4 Å². The van der Waals surface area contributed by atoms with E-state index in [9.17, 15) is 13.0 Å². The molecule has 0 heterocycles. The van der Waals surface area contributed by atoms with Gasteiger partial charge in [-0.3, -0.25) is 15.4 Å². The van der Waals surface area contributed by atoms with Crippen LogP contribution in [-0.4, -0.2) is 24.6 Å². The summed E-state index contributed by atoms with van der Waals surface area (Å²) in [5.74, 6) is 0.905. The van der Waals surface area contributed by atoms with E-state index in [1.807, 2.05) is 0 Å². The molecule has 166 valence electrons. The van der Waals surface area contributed by atoms with Gasteiger partial charge in [-0.1, -0.05) is 0 Å². The van der Waals surface area contributed by atoms with Crippen LogP contribution in [0, 0.1) is 10.8 Å². The van der Waals surface area contributed by atoms with E-state index in [4.69, 9.17) is 31.8 Å². The molecule has 7 N–H and O–H groups in total. The van der Waals surface area contributed by atoms with Crippen LogP contribution in [0.4, 0.5) is 0 Å². The first kappa shape index (κ1) is 22.8. The van der Waals surface area contributed by atoms with Gasteiger partial charge in [0.1, 0.15) is 36.4 Å². The van der Waals surface area contributed by atoms with Crippen LogP contribution in [0.1, 0.15) is 22.3 Å². The fraction of sp³-hybridized carbons (Fsp3) is 0.0909. The molecule has 0 spiro atoms. The quantitative estimate of drug-likeness (QED) is 0.188. The Kier molecular flexibility index (Phi) is 6.76. The number of amidine groups is 2. The third-order valence-corrected chi connectivity index (χ3v) is 5.30. The number of hydrogen-bond donors (Lipinski definition) is 5. The molecule has 0 saturated heterocycles. The van der Waals surface area contributed by atoms with Gasteiger partial charge in [0.2, 0.25) is 0 Å². The van der Waals surface area contributed by atoms with Crippen molar-refractivity contribution >= 4 is 21.8 Å². The summed E-state index contributed by atoms with van der Waals surface area (Å²) in [5, 5.41) is 14.8. The van der Waals surface area contributed by atoms with Crippen LogP contribution in [0.3, 0.4) is 0 Å². The van der Waals surface area contributed by atoms with Crippen molar-refractivity contribution in [2.75, 3.05) is 0 Å². The van der Waals surface area contributed by atoms with Crippen LogP contribution in [-0.2, 0) is 23.3 Å². The average molecular weight is 455 g/mol. The summed E-state index contributed by atoms with van der Waals surface area (Å²) >= 11 is 0. The largest absolute Gasteiger partial charge is 0.489 e. The predicted octanol–water partition coefficient (Wildman–Crippen LogP) is 2.66. The zero-order valence-electron chi connectivity index (χ0n) is 16.9. The van der Waals surface area contributed by atoms with Gasteiger partial charge in [-0.15, -0.1) is 0 Å². The van der Waals surface area contributed by atoms with Gasteiger partial charge in [0.05, 0.1) is 4.90 Å². The first-order chi connectivity index (χ1) is 15.1. The molecule has 3 rings (SSSR count). The van der Waals surface area contributed by atoms with Crippen molar-refractivity contribution in [1.82, 2.24) is 0 Å². The number of nitrogens with one attached hydrogen (secondary N) is 2. The van der Waals surface area contributed by atoms with E-state index in [-0.39, 0.29) is 29.8 Å². The Balaban J connectivity index is 1.75. The van der Waals surface area contributed by atoms with E-state index >= 15 is 0 Å². The normalized spacial score (nSPS) is 11.0. The molecule has 0 aliphatic carbocycles. The summed E-state index contributed by atoms with van der Waals surface area (Å²) in [6, 6.07) is 17.5. The molecule has 32 heavy (non-hydrogen) atoms. The van der Waals surface area contributed by atoms with Gasteiger partial charge in [-0.05, 0) is 77.9 Å². The second-order valence-electron chi connectivity index (χ2n) is 6.91. The molecule has 3 aromatic carbocycles. The summed E-state index contributed by atoms with van der Waals surface area (Å²) in [7, 11) is -4.43. The molecule has 0 atom stereocenters. The fourth-order valence-corrected chi connectivity index (χ4v) is 3.44. The molecular formula is C22H22N4O5S. The molecule has 0 fully saturated rings. The van der Waals surface area contributed by atoms with Crippen molar-refractivity contribution in [3.63, 3.8) is 0 Å². The van der Waals surface area contributed by atoms with Gasteiger partial charge in [0, 0.05) is 11.1 Å². The van der Waals surface area contributed by atoms with Crippen LogP contribution >= 0.6 is 0 Å². The monoisotopic (exact) mass is 454 g/mol. The molecule has 0 aliphatic heterocycles. The van der Waals surface area contributed by atoms with E-state index < -0.39 is 10.1 Å². The number of ether oxygens (including phenoxy) is 2. The molecular weight excluding hydrogens is 432 g/mol. The lowest BCUT2D eigenvalue weighted by molar-refractivity contribution is 0.299. The lowest BCUT2D eigenvalue weighted by Crippen LogP contribution is -2.10. The minimum atomic E-state index is -4.43. The van der Waals surface area contributed by atoms with Gasteiger partial charge in [0.15, 0.2) is 0 Å². The SMILES string of the molecule is N=C(N)c1ccc(OCc2cc(COc3ccc(C(=N)N)cc3)cc(S(=O)(=O)O)c2)cc1. The van der Waals surface area contributed by atoms with Gasteiger partial charge >= 0.3 is 0 Å². The lowest BCUT2D eigenvalue weighted by Gasteiger charge is -2.12. The second-order valence-corrected chi connectivity index (χ2v) is 8.34. The molecule has 0 aromatic heterocycles. The standard InChI is InChI=1S/C22H22N4O5S/c23-21(24)16-1-5-18(6-2-16)30-12-14-9-15(11-20(10-14)32(27,28)29)13-31-19-7-3-17(4-8-19)22(25)26/h1-11H,12-13H2,(H3,23,24)(H3,25,26)(H,27,28,29). The molecule has 9 nitrogen and oxygen atoms in total. The molecule has 0 radical (unpaired) electrons. The Hall–Kier alpha value is -3.89. The van der Waals surface area contributed by atoms with Crippen molar-refractivity contribution in [2.45, 2.75) is 18.1 Å². The van der Waals surface area contributed by atoms with Crippen molar-refractivity contribution in [2.24, 2.45) is 11.5 Å². The topological polar surface area (TPSA) is 173 Å². The smallest absolute Gasteiger partial charge is 0.294 e. The maximum Gasteiger partial charge on any atom is 0.294 e. The highest BCUT2D eigenvalue weighted by Gasteiger charge is 2.13. The lowest BCUT2D eigenvalue weighted by atomic mass is 10.1. The number of nitrogens with two attached hydrogens (primary N) is 2. The van der Waals surface area contributed by atoms with Crippen molar-refractivity contribution in [3.8, 4) is 11.5 Å². The van der Waals surface area contributed by atoms with E-state index in [0.717, 1.165) is 0 Å². The van der Waals surface area contributed by atoms with Crippen LogP contribution in [0.2, 0.25) is 0 Å². The Morgan fingerprint density at radius 1 is 0.750 bits per heavy atom. The van der Waals surface area contributed by atoms with Crippen LogP contribution < -0.4 is 20.9 Å². The average Bonchev–Trinajstić information content (AvgIpc) is 2.76. The minimum Gasteiger partial charge on any atom is -0.489 e. The predicted molar refractivity (Wildman–Crippen MR) is 120 cm³/mol. The molecule has 0 aliphatic rings. The van der Waals surface area contributed by atoms with E-state index in [0.29, 0.717) is 33.8 Å². The van der Waals surface area contributed by atoms with Gasteiger partial charge < -0.3 is 20.9 Å². The summed E-state index contributed by atoms with van der Waals surface area (Å²) in [4.78, 5) is -0.268. The summed E-state index contributed by atoms with van der Waals surface area (Å²) < 4.78 is 44.3. The van der Waals surface area contributed by atoms with Crippen LogP contribution in [0.5, 0.6) is 11.5 Å². The molecule has 10 heteroatoms. The highest BCUT2D eigenvalue weighted by molar-refractivity contribution is 7.85. The third kappa shape index (κ3) is 6.06. The number of nitrogen functional groups attached to an aromatic ring is 2. The molecule has 0 amide bonds. The van der Waals surface area contributed by atoms with Crippen LogP contribution in [0.15, 0.2) is 71.6 Å². The molecule has 0 bridgehead atoms. The maximum atomic E-state index is 11.7. The zero-order valence-corrected chi connectivity index (χ0v) is 17.7. The first-order valence-corrected chi connectivity index (χ1v) is 10.8. The molecule has 0 saturated carbocycles. The Bertz CT molecular complexity index is 1160. The third-order valence-electron chi connectivity index (χ3n) is 4.47. The highest BCUT2D eigenvalue weighted by atomic mass is 32.2. The van der Waals surface area contributed by atoms with Crippen LogP contribution in [0.25, 0.3) is 0 Å². The molecule has 3 aromatic rings. The second kappa shape index (κ2) is 9.50. The maximum absolute atomic E-state index is 11.7. The molecule has 0 unspecified atom stereocenters. The van der Waals surface area contributed by atoms with E-state index in [1.165, 1.54) is 12.1 Å². The summed E-state index contributed by atoms with van der Waals surface area (Å²) in [5.41, 5.74) is 13.0. The van der Waals surface area contributed by atoms with Gasteiger partial charge in [-0.25, -0.2) is 0 Å². The van der Waals surface area contributed by atoms with Crippen molar-refractivity contribution in [3.05, 3.63) is 89.0 Å². The number of hydrogen-bond acceptors (Lipinski definition) is 6. The van der Waals surface area contributed by atoms with E-state index in [1.54, 1.807) is 54.6 Å². The number of rotatable bonds is 9. The Labute approximate surface area is 185 Å². The summed E-state index contributed by atoms with van der Waals surface area (Å²) in [6.45, 7) is 0.0895. The summed E-state index contributed by atoms with van der Waals surface area (Å²) in [6.07, 6.45) is 0. The Morgan fingerprint density at radius 3 is 1.44 bits per heavy atom. The highest BCUT2D eigenvalue weighted by Crippen LogP contribution is 2.20. The first-order valence-electron chi connectivity index (χ1n) is 9.36. The Morgan fingerprint density at radius 2 is 1.12 bits per heavy atom. The van der Waals surface area contributed by atoms with Gasteiger partial charge in [-0.2, -0.15) is 8.42 Å². The fourth-order valence-electron chi connectivity index (χ4n) is 2.84. The van der Waals surface area contributed by atoms with Crippen molar-refractivity contribution in [1.29, 1.82) is 10.8 Å². The zero-order chi connectivity index (χ0) is 23.3.